The van der Waals surface area contributed by atoms with E-state index in [1.54, 1.807) is 11.3 Å². The third kappa shape index (κ3) is 5.61. The summed E-state index contributed by atoms with van der Waals surface area (Å²) in [4.78, 5) is 12.8. The van der Waals surface area contributed by atoms with E-state index in [9.17, 15) is 4.79 Å². The highest BCUT2D eigenvalue weighted by molar-refractivity contribution is 7.10. The maximum Gasteiger partial charge on any atom is 0.508 e. The van der Waals surface area contributed by atoms with Crippen molar-refractivity contribution in [3.63, 3.8) is 0 Å². The van der Waals surface area contributed by atoms with Crippen LogP contribution in [0.25, 0.3) is 0 Å². The molecule has 22 heavy (non-hydrogen) atoms. The summed E-state index contributed by atoms with van der Waals surface area (Å²) in [5.41, 5.74) is 1.31. The molecular formula is C17H26O4S. The van der Waals surface area contributed by atoms with E-state index in [0.717, 1.165) is 19.3 Å². The van der Waals surface area contributed by atoms with E-state index in [0.29, 0.717) is 13.2 Å². The first-order chi connectivity index (χ1) is 10.8. The summed E-state index contributed by atoms with van der Waals surface area (Å²) >= 11 is 1.66. The van der Waals surface area contributed by atoms with Gasteiger partial charge in [-0.3, -0.25) is 0 Å². The molecular weight excluding hydrogens is 300 g/mol. The van der Waals surface area contributed by atoms with E-state index in [4.69, 9.17) is 14.2 Å². The fourth-order valence-electron chi connectivity index (χ4n) is 2.57. The fraction of sp³-hybridized carbons (Fsp3) is 0.706. The molecule has 5 heteroatoms. The molecule has 1 aliphatic rings. The smallest absolute Gasteiger partial charge is 0.434 e. The topological polar surface area (TPSA) is 44.8 Å². The van der Waals surface area contributed by atoms with Crippen LogP contribution in [0.1, 0.15) is 62.0 Å². The molecule has 0 saturated carbocycles. The molecule has 0 unspecified atom stereocenters. The zero-order valence-corrected chi connectivity index (χ0v) is 14.2. The SMILES string of the molecule is CCCCCCCCOC(=O)OC[C@@H]1OCCc2ccsc21. The van der Waals surface area contributed by atoms with Gasteiger partial charge >= 0.3 is 6.16 Å². The molecule has 0 amide bonds. The molecule has 1 aromatic heterocycles. The van der Waals surface area contributed by atoms with E-state index < -0.39 is 6.16 Å². The van der Waals surface area contributed by atoms with Gasteiger partial charge in [0.1, 0.15) is 12.7 Å². The zero-order chi connectivity index (χ0) is 15.6. The van der Waals surface area contributed by atoms with Gasteiger partial charge in [-0.15, -0.1) is 11.3 Å². The molecule has 0 radical (unpaired) electrons. The summed E-state index contributed by atoms with van der Waals surface area (Å²) in [5, 5.41) is 2.06. The van der Waals surface area contributed by atoms with Crippen LogP contribution in [-0.2, 0) is 20.6 Å². The van der Waals surface area contributed by atoms with Crippen molar-refractivity contribution in [1.29, 1.82) is 0 Å². The van der Waals surface area contributed by atoms with E-state index in [-0.39, 0.29) is 12.7 Å². The summed E-state index contributed by atoms with van der Waals surface area (Å²) in [6, 6.07) is 2.12. The van der Waals surface area contributed by atoms with Crippen LogP contribution in [0.15, 0.2) is 11.4 Å². The van der Waals surface area contributed by atoms with Gasteiger partial charge in [0.2, 0.25) is 0 Å². The summed E-state index contributed by atoms with van der Waals surface area (Å²) in [7, 11) is 0. The van der Waals surface area contributed by atoms with Gasteiger partial charge in [-0.2, -0.15) is 0 Å². The Morgan fingerprint density at radius 3 is 2.95 bits per heavy atom. The molecule has 0 aliphatic carbocycles. The van der Waals surface area contributed by atoms with Gasteiger partial charge in [-0.25, -0.2) is 4.79 Å². The molecule has 0 fully saturated rings. The van der Waals surface area contributed by atoms with Crippen LogP contribution in [0.3, 0.4) is 0 Å². The first-order valence-electron chi connectivity index (χ1n) is 8.28. The van der Waals surface area contributed by atoms with Crippen LogP contribution in [0.4, 0.5) is 4.79 Å². The van der Waals surface area contributed by atoms with Gasteiger partial charge in [-0.1, -0.05) is 39.0 Å². The minimum atomic E-state index is -0.583. The lowest BCUT2D eigenvalue weighted by atomic mass is 10.1. The van der Waals surface area contributed by atoms with E-state index >= 15 is 0 Å². The van der Waals surface area contributed by atoms with Crippen molar-refractivity contribution >= 4 is 17.5 Å². The molecule has 0 spiro atoms. The lowest BCUT2D eigenvalue weighted by molar-refractivity contribution is -0.0219. The second-order valence-electron chi connectivity index (χ2n) is 5.60. The number of hydrogen-bond donors (Lipinski definition) is 0. The predicted octanol–water partition coefficient (Wildman–Crippen LogP) is 4.88. The second-order valence-corrected chi connectivity index (χ2v) is 6.54. The van der Waals surface area contributed by atoms with Crippen LogP contribution in [0.2, 0.25) is 0 Å². The van der Waals surface area contributed by atoms with Crippen molar-refractivity contribution in [3.8, 4) is 0 Å². The van der Waals surface area contributed by atoms with Gasteiger partial charge in [0.05, 0.1) is 13.2 Å². The third-order valence-electron chi connectivity index (χ3n) is 3.83. The number of ether oxygens (including phenoxy) is 3. The summed E-state index contributed by atoms with van der Waals surface area (Å²) in [5.74, 6) is 0. The molecule has 2 rings (SSSR count). The monoisotopic (exact) mass is 326 g/mol. The summed E-state index contributed by atoms with van der Waals surface area (Å²) in [6.07, 6.45) is 7.26. The Morgan fingerprint density at radius 2 is 2.09 bits per heavy atom. The van der Waals surface area contributed by atoms with Crippen LogP contribution in [0.5, 0.6) is 0 Å². The fourth-order valence-corrected chi connectivity index (χ4v) is 3.56. The largest absolute Gasteiger partial charge is 0.508 e. The van der Waals surface area contributed by atoms with Crippen molar-refractivity contribution in [2.24, 2.45) is 0 Å². The van der Waals surface area contributed by atoms with E-state index in [1.807, 2.05) is 0 Å². The van der Waals surface area contributed by atoms with Crippen LogP contribution in [0, 0.1) is 0 Å². The number of unbranched alkanes of at least 4 members (excludes halogenated alkanes) is 5. The Labute approximate surface area is 136 Å². The van der Waals surface area contributed by atoms with Gasteiger partial charge < -0.3 is 14.2 Å². The number of hydrogen-bond acceptors (Lipinski definition) is 5. The summed E-state index contributed by atoms with van der Waals surface area (Å²) < 4.78 is 15.9. The number of carbonyl (C=O) groups excluding carboxylic acids is 1. The lowest BCUT2D eigenvalue weighted by Gasteiger charge is -2.22. The average molecular weight is 326 g/mol. The quantitative estimate of drug-likeness (QED) is 0.479. The van der Waals surface area contributed by atoms with Crippen molar-refractivity contribution in [2.45, 2.75) is 58.0 Å². The standard InChI is InChI=1S/C17H26O4S/c1-2-3-4-5-6-7-10-20-17(18)21-13-15-16-14(8-11-19-15)9-12-22-16/h9,12,15H,2-8,10-11,13H2,1H3/t15-/m0/s1. The highest BCUT2D eigenvalue weighted by atomic mass is 32.1. The Balaban J connectivity index is 1.55. The Hall–Kier alpha value is -1.07. The maximum absolute atomic E-state index is 11.6. The molecule has 0 aromatic carbocycles. The van der Waals surface area contributed by atoms with Crippen LogP contribution >= 0.6 is 11.3 Å². The maximum atomic E-state index is 11.6. The minimum Gasteiger partial charge on any atom is -0.434 e. The predicted molar refractivity (Wildman–Crippen MR) is 87.4 cm³/mol. The first-order valence-corrected chi connectivity index (χ1v) is 9.16. The minimum absolute atomic E-state index is 0.134. The van der Waals surface area contributed by atoms with Crippen molar-refractivity contribution < 1.29 is 19.0 Å². The van der Waals surface area contributed by atoms with Crippen molar-refractivity contribution in [3.05, 3.63) is 21.9 Å². The van der Waals surface area contributed by atoms with Crippen LogP contribution < -0.4 is 0 Å². The molecule has 2 heterocycles. The molecule has 1 aromatic rings. The Morgan fingerprint density at radius 1 is 1.27 bits per heavy atom. The Bertz CT molecular complexity index is 444. The number of rotatable bonds is 9. The number of carbonyl (C=O) groups is 1. The first kappa shape index (κ1) is 17.3. The second kappa shape index (κ2) is 9.85. The normalized spacial score (nSPS) is 17.0. The highest BCUT2D eigenvalue weighted by Gasteiger charge is 2.23. The Kier molecular flexibility index (Phi) is 7.74. The van der Waals surface area contributed by atoms with E-state index in [1.165, 1.54) is 36.1 Å². The lowest BCUT2D eigenvalue weighted by Crippen LogP contribution is -2.21. The summed E-state index contributed by atoms with van der Waals surface area (Å²) in [6.45, 7) is 3.57. The zero-order valence-electron chi connectivity index (χ0n) is 13.3. The molecule has 0 N–H and O–H groups in total. The van der Waals surface area contributed by atoms with Crippen molar-refractivity contribution in [2.75, 3.05) is 19.8 Å². The van der Waals surface area contributed by atoms with Gasteiger partial charge in [0.15, 0.2) is 0 Å². The van der Waals surface area contributed by atoms with Crippen LogP contribution in [-0.4, -0.2) is 26.0 Å². The molecule has 1 atom stereocenters. The highest BCUT2D eigenvalue weighted by Crippen LogP contribution is 2.31. The molecule has 4 nitrogen and oxygen atoms in total. The number of fused-ring (bicyclic) bond motifs is 1. The third-order valence-corrected chi connectivity index (χ3v) is 4.89. The molecule has 0 bridgehead atoms. The van der Waals surface area contributed by atoms with Gasteiger partial charge in [-0.05, 0) is 29.9 Å². The van der Waals surface area contributed by atoms with E-state index in [2.05, 4.69) is 18.4 Å². The molecule has 124 valence electrons. The molecule has 1 aliphatic heterocycles. The van der Waals surface area contributed by atoms with Gasteiger partial charge in [0.25, 0.3) is 0 Å². The molecule has 0 saturated heterocycles. The van der Waals surface area contributed by atoms with Gasteiger partial charge in [0, 0.05) is 4.88 Å². The average Bonchev–Trinajstić information content (AvgIpc) is 3.01. The number of thiophene rings is 1. The van der Waals surface area contributed by atoms with Crippen molar-refractivity contribution in [1.82, 2.24) is 0 Å².